The molecule has 6 heteroatoms. The molecular formula is C14H21N3O3. The molecule has 0 bridgehead atoms. The minimum absolute atomic E-state index is 0.00116. The van der Waals surface area contributed by atoms with Gasteiger partial charge in [0.25, 0.3) is 5.69 Å². The number of nitrogens with zero attached hydrogens (tertiary/aromatic N) is 2. The lowest BCUT2D eigenvalue weighted by molar-refractivity contribution is -0.384. The van der Waals surface area contributed by atoms with Crippen LogP contribution >= 0.6 is 0 Å². The van der Waals surface area contributed by atoms with Crippen LogP contribution in [0.25, 0.3) is 0 Å². The van der Waals surface area contributed by atoms with Crippen molar-refractivity contribution in [1.29, 1.82) is 0 Å². The van der Waals surface area contributed by atoms with E-state index < -0.39 is 4.92 Å². The van der Waals surface area contributed by atoms with Gasteiger partial charge in [0.15, 0.2) is 0 Å². The van der Waals surface area contributed by atoms with Gasteiger partial charge in [-0.3, -0.25) is 10.1 Å². The van der Waals surface area contributed by atoms with Crippen LogP contribution in [0.4, 0.5) is 17.1 Å². The van der Waals surface area contributed by atoms with Gasteiger partial charge in [0, 0.05) is 36.1 Å². The van der Waals surface area contributed by atoms with Crippen LogP contribution in [0, 0.1) is 10.1 Å². The Balaban J connectivity index is 2.30. The minimum Gasteiger partial charge on any atom is -0.398 e. The molecule has 0 spiro atoms. The third-order valence-electron chi connectivity index (χ3n) is 3.82. The SMILES string of the molecule is Nc1cc(N(CCO)C2CCCCC2)cc([N+](=O)[O-])c1. The van der Waals surface area contributed by atoms with E-state index in [1.54, 1.807) is 12.1 Å². The van der Waals surface area contributed by atoms with Gasteiger partial charge in [0.1, 0.15) is 0 Å². The molecule has 0 aromatic heterocycles. The van der Waals surface area contributed by atoms with Gasteiger partial charge in [-0.1, -0.05) is 19.3 Å². The van der Waals surface area contributed by atoms with E-state index >= 15 is 0 Å². The molecule has 1 fully saturated rings. The van der Waals surface area contributed by atoms with Crippen molar-refractivity contribution < 1.29 is 10.0 Å². The fourth-order valence-corrected chi connectivity index (χ4v) is 2.91. The number of nitro groups is 1. The number of nitrogen functional groups attached to an aromatic ring is 1. The van der Waals surface area contributed by atoms with Crippen molar-refractivity contribution in [2.24, 2.45) is 0 Å². The number of nitrogens with two attached hydrogens (primary N) is 1. The smallest absolute Gasteiger partial charge is 0.273 e. The standard InChI is InChI=1S/C14H21N3O3/c15-11-8-13(10-14(9-11)17(19)20)16(6-7-18)12-4-2-1-3-5-12/h8-10,12,18H,1-7,15H2. The largest absolute Gasteiger partial charge is 0.398 e. The third-order valence-corrected chi connectivity index (χ3v) is 3.82. The van der Waals surface area contributed by atoms with E-state index in [0.717, 1.165) is 31.4 Å². The number of aliphatic hydroxyl groups excluding tert-OH is 1. The van der Waals surface area contributed by atoms with E-state index in [-0.39, 0.29) is 12.3 Å². The van der Waals surface area contributed by atoms with Crippen LogP contribution in [0.3, 0.4) is 0 Å². The zero-order valence-corrected chi connectivity index (χ0v) is 11.5. The summed E-state index contributed by atoms with van der Waals surface area (Å²) in [4.78, 5) is 12.6. The molecule has 1 aliphatic carbocycles. The first-order chi connectivity index (χ1) is 9.61. The van der Waals surface area contributed by atoms with Crippen molar-refractivity contribution >= 4 is 17.1 Å². The second-order valence-electron chi connectivity index (χ2n) is 5.25. The second-order valence-corrected chi connectivity index (χ2v) is 5.25. The molecule has 0 heterocycles. The molecule has 0 aliphatic heterocycles. The van der Waals surface area contributed by atoms with Gasteiger partial charge in [-0.05, 0) is 18.9 Å². The molecule has 3 N–H and O–H groups in total. The highest BCUT2D eigenvalue weighted by molar-refractivity contribution is 5.63. The molecule has 0 atom stereocenters. The summed E-state index contributed by atoms with van der Waals surface area (Å²) in [5.41, 5.74) is 6.88. The van der Waals surface area contributed by atoms with Crippen LogP contribution in [0.15, 0.2) is 18.2 Å². The van der Waals surface area contributed by atoms with Gasteiger partial charge in [0.05, 0.1) is 11.5 Å². The number of hydrogen-bond donors (Lipinski definition) is 2. The fraction of sp³-hybridized carbons (Fsp3) is 0.571. The first-order valence-corrected chi connectivity index (χ1v) is 7.04. The quantitative estimate of drug-likeness (QED) is 0.490. The lowest BCUT2D eigenvalue weighted by Crippen LogP contribution is -2.38. The monoisotopic (exact) mass is 279 g/mol. The Morgan fingerprint density at radius 2 is 2.00 bits per heavy atom. The molecule has 6 nitrogen and oxygen atoms in total. The molecule has 0 unspecified atom stereocenters. The summed E-state index contributed by atoms with van der Waals surface area (Å²) < 4.78 is 0. The number of non-ortho nitro benzene ring substituents is 1. The number of nitro benzene ring substituents is 1. The van der Waals surface area contributed by atoms with Crippen LogP contribution < -0.4 is 10.6 Å². The molecule has 1 aromatic carbocycles. The first kappa shape index (κ1) is 14.6. The summed E-state index contributed by atoms with van der Waals surface area (Å²) in [6.45, 7) is 0.504. The molecule has 1 aromatic rings. The van der Waals surface area contributed by atoms with E-state index in [1.165, 1.54) is 12.5 Å². The van der Waals surface area contributed by atoms with Crippen molar-refractivity contribution in [3.05, 3.63) is 28.3 Å². The summed E-state index contributed by atoms with van der Waals surface area (Å²) in [6, 6.07) is 4.98. The number of benzene rings is 1. The van der Waals surface area contributed by atoms with Crippen LogP contribution in [0.5, 0.6) is 0 Å². The Morgan fingerprint density at radius 3 is 2.60 bits per heavy atom. The van der Waals surface area contributed by atoms with E-state index in [4.69, 9.17) is 5.73 Å². The Kier molecular flexibility index (Phi) is 4.79. The Morgan fingerprint density at radius 1 is 1.30 bits per heavy atom. The van der Waals surface area contributed by atoms with Crippen molar-refractivity contribution in [2.75, 3.05) is 23.8 Å². The van der Waals surface area contributed by atoms with Gasteiger partial charge in [0.2, 0.25) is 0 Å². The Labute approximate surface area is 118 Å². The highest BCUT2D eigenvalue weighted by atomic mass is 16.6. The summed E-state index contributed by atoms with van der Waals surface area (Å²) in [5.74, 6) is 0. The van der Waals surface area contributed by atoms with E-state index in [1.807, 2.05) is 0 Å². The van der Waals surface area contributed by atoms with Crippen LogP contribution in [-0.2, 0) is 0 Å². The van der Waals surface area contributed by atoms with Gasteiger partial charge in [-0.25, -0.2) is 0 Å². The summed E-state index contributed by atoms with van der Waals surface area (Å²) in [5, 5.41) is 20.2. The van der Waals surface area contributed by atoms with Crippen molar-refractivity contribution in [3.63, 3.8) is 0 Å². The van der Waals surface area contributed by atoms with Crippen molar-refractivity contribution in [3.8, 4) is 0 Å². The van der Waals surface area contributed by atoms with Gasteiger partial charge in [-0.2, -0.15) is 0 Å². The van der Waals surface area contributed by atoms with Gasteiger partial charge in [-0.15, -0.1) is 0 Å². The zero-order chi connectivity index (χ0) is 14.5. The maximum atomic E-state index is 10.9. The number of rotatable bonds is 5. The maximum Gasteiger partial charge on any atom is 0.273 e. The maximum absolute atomic E-state index is 10.9. The second kappa shape index (κ2) is 6.56. The topological polar surface area (TPSA) is 92.6 Å². The first-order valence-electron chi connectivity index (χ1n) is 7.04. The minimum atomic E-state index is -0.433. The van der Waals surface area contributed by atoms with Gasteiger partial charge < -0.3 is 15.7 Å². The van der Waals surface area contributed by atoms with E-state index in [2.05, 4.69) is 4.90 Å². The number of anilines is 2. The molecular weight excluding hydrogens is 258 g/mol. The molecule has 0 radical (unpaired) electrons. The molecule has 0 saturated heterocycles. The summed E-state index contributed by atoms with van der Waals surface area (Å²) >= 11 is 0. The summed E-state index contributed by atoms with van der Waals surface area (Å²) in [7, 11) is 0. The van der Waals surface area contributed by atoms with Crippen LogP contribution in [0.2, 0.25) is 0 Å². The Bertz CT molecular complexity index is 473. The van der Waals surface area contributed by atoms with Crippen molar-refractivity contribution in [1.82, 2.24) is 0 Å². The molecule has 0 amide bonds. The van der Waals surface area contributed by atoms with Gasteiger partial charge >= 0.3 is 0 Å². The molecule has 2 rings (SSSR count). The Hall–Kier alpha value is -1.82. The summed E-state index contributed by atoms with van der Waals surface area (Å²) in [6.07, 6.45) is 5.68. The average Bonchev–Trinajstić information content (AvgIpc) is 2.45. The number of aliphatic hydroxyl groups is 1. The molecule has 20 heavy (non-hydrogen) atoms. The van der Waals surface area contributed by atoms with Crippen LogP contribution in [0.1, 0.15) is 32.1 Å². The molecule has 110 valence electrons. The molecule has 1 aliphatic rings. The third kappa shape index (κ3) is 3.39. The zero-order valence-electron chi connectivity index (χ0n) is 11.5. The predicted molar refractivity (Wildman–Crippen MR) is 78.8 cm³/mol. The predicted octanol–water partition coefficient (Wildman–Crippen LogP) is 2.31. The molecule has 1 saturated carbocycles. The highest BCUT2D eigenvalue weighted by Crippen LogP contribution is 2.31. The lowest BCUT2D eigenvalue weighted by atomic mass is 9.93. The highest BCUT2D eigenvalue weighted by Gasteiger charge is 2.22. The van der Waals surface area contributed by atoms with E-state index in [0.29, 0.717) is 18.3 Å². The number of hydrogen-bond acceptors (Lipinski definition) is 5. The lowest BCUT2D eigenvalue weighted by Gasteiger charge is -2.35. The van der Waals surface area contributed by atoms with Crippen LogP contribution in [-0.4, -0.2) is 29.2 Å². The van der Waals surface area contributed by atoms with Crippen molar-refractivity contribution in [2.45, 2.75) is 38.1 Å². The fourth-order valence-electron chi connectivity index (χ4n) is 2.91. The van der Waals surface area contributed by atoms with E-state index in [9.17, 15) is 15.2 Å². The average molecular weight is 279 g/mol. The normalized spacial score (nSPS) is 16.1.